The summed E-state index contributed by atoms with van der Waals surface area (Å²) >= 11 is 4.41. The standard InChI is InChI=1S/C14H10BrNO3S/c15-10-4-2-1-3-9(10)5-7-12(17)16-13-8-6-11(20-13)14(18)19/h1-8H,(H,16,17)(H,18,19)/b7-5+. The van der Waals surface area contributed by atoms with Crippen LogP contribution in [0.4, 0.5) is 5.00 Å². The van der Waals surface area contributed by atoms with Crippen LogP contribution in [0.3, 0.4) is 0 Å². The number of nitrogens with one attached hydrogen (secondary N) is 1. The van der Waals surface area contributed by atoms with E-state index in [0.717, 1.165) is 21.4 Å². The highest BCUT2D eigenvalue weighted by Crippen LogP contribution is 2.22. The fourth-order valence-electron chi connectivity index (χ4n) is 1.46. The summed E-state index contributed by atoms with van der Waals surface area (Å²) in [6, 6.07) is 10.6. The number of carbonyl (C=O) groups excluding carboxylic acids is 1. The zero-order chi connectivity index (χ0) is 14.5. The maximum absolute atomic E-state index is 11.7. The van der Waals surface area contributed by atoms with E-state index in [1.807, 2.05) is 24.3 Å². The van der Waals surface area contributed by atoms with Crippen molar-refractivity contribution in [2.45, 2.75) is 0 Å². The number of anilines is 1. The van der Waals surface area contributed by atoms with Crippen LogP contribution < -0.4 is 5.32 Å². The Balaban J connectivity index is 2.02. The van der Waals surface area contributed by atoms with Crippen LogP contribution in [0, 0.1) is 0 Å². The van der Waals surface area contributed by atoms with Crippen LogP contribution in [0.15, 0.2) is 46.9 Å². The van der Waals surface area contributed by atoms with Gasteiger partial charge in [0.1, 0.15) is 4.88 Å². The van der Waals surface area contributed by atoms with Gasteiger partial charge in [-0.25, -0.2) is 4.79 Å². The minimum atomic E-state index is -1.00. The highest BCUT2D eigenvalue weighted by molar-refractivity contribution is 9.10. The van der Waals surface area contributed by atoms with Gasteiger partial charge in [0.25, 0.3) is 0 Å². The molecule has 0 aliphatic carbocycles. The number of amides is 1. The molecule has 0 saturated carbocycles. The molecule has 6 heteroatoms. The number of benzene rings is 1. The molecule has 1 aromatic carbocycles. The maximum atomic E-state index is 11.7. The number of carbonyl (C=O) groups is 2. The van der Waals surface area contributed by atoms with Crippen molar-refractivity contribution in [2.75, 3.05) is 5.32 Å². The third kappa shape index (κ3) is 3.79. The van der Waals surface area contributed by atoms with E-state index in [0.29, 0.717) is 5.00 Å². The zero-order valence-electron chi connectivity index (χ0n) is 10.2. The molecule has 0 aliphatic heterocycles. The molecule has 0 atom stereocenters. The molecule has 0 saturated heterocycles. The molecule has 0 unspecified atom stereocenters. The molecule has 2 rings (SSSR count). The summed E-state index contributed by atoms with van der Waals surface area (Å²) in [4.78, 5) is 22.6. The van der Waals surface area contributed by atoms with E-state index < -0.39 is 5.97 Å². The predicted octanol–water partition coefficient (Wildman–Crippen LogP) is 3.86. The van der Waals surface area contributed by atoms with Gasteiger partial charge in [0.05, 0.1) is 5.00 Å². The first-order valence-corrected chi connectivity index (χ1v) is 7.24. The van der Waals surface area contributed by atoms with Gasteiger partial charge in [0.15, 0.2) is 0 Å². The second kappa shape index (κ2) is 6.49. The third-order valence-electron chi connectivity index (χ3n) is 2.38. The first kappa shape index (κ1) is 14.5. The van der Waals surface area contributed by atoms with Crippen molar-refractivity contribution in [1.29, 1.82) is 0 Å². The van der Waals surface area contributed by atoms with Crippen LogP contribution in [0.5, 0.6) is 0 Å². The highest BCUT2D eigenvalue weighted by Gasteiger charge is 2.07. The number of aromatic carboxylic acids is 1. The average Bonchev–Trinajstić information content (AvgIpc) is 2.86. The lowest BCUT2D eigenvalue weighted by molar-refractivity contribution is -0.111. The summed E-state index contributed by atoms with van der Waals surface area (Å²) in [5, 5.41) is 11.9. The number of hydrogen-bond donors (Lipinski definition) is 2. The van der Waals surface area contributed by atoms with Gasteiger partial charge >= 0.3 is 5.97 Å². The normalized spacial score (nSPS) is 10.7. The summed E-state index contributed by atoms with van der Waals surface area (Å²) < 4.78 is 0.897. The van der Waals surface area contributed by atoms with Gasteiger partial charge in [-0.3, -0.25) is 4.79 Å². The Kier molecular flexibility index (Phi) is 4.70. The minimum Gasteiger partial charge on any atom is -0.477 e. The van der Waals surface area contributed by atoms with E-state index in [9.17, 15) is 9.59 Å². The van der Waals surface area contributed by atoms with Crippen LogP contribution in [0.2, 0.25) is 0 Å². The Morgan fingerprint density at radius 1 is 1.20 bits per heavy atom. The number of hydrogen-bond acceptors (Lipinski definition) is 3. The van der Waals surface area contributed by atoms with Gasteiger partial charge in [-0.2, -0.15) is 0 Å². The lowest BCUT2D eigenvalue weighted by Crippen LogP contribution is -2.06. The molecular formula is C14H10BrNO3S. The lowest BCUT2D eigenvalue weighted by Gasteiger charge is -1.98. The van der Waals surface area contributed by atoms with Crippen LogP contribution >= 0.6 is 27.3 Å². The topological polar surface area (TPSA) is 66.4 Å². The molecule has 0 radical (unpaired) electrons. The first-order chi connectivity index (χ1) is 9.56. The van der Waals surface area contributed by atoms with Crippen LogP contribution in [0.25, 0.3) is 6.08 Å². The summed E-state index contributed by atoms with van der Waals surface area (Å²) in [5.41, 5.74) is 0.889. The smallest absolute Gasteiger partial charge is 0.345 e. The Hall–Kier alpha value is -1.92. The molecule has 20 heavy (non-hydrogen) atoms. The zero-order valence-corrected chi connectivity index (χ0v) is 12.6. The molecular weight excluding hydrogens is 342 g/mol. The third-order valence-corrected chi connectivity index (χ3v) is 4.09. The first-order valence-electron chi connectivity index (χ1n) is 5.63. The Morgan fingerprint density at radius 2 is 1.95 bits per heavy atom. The van der Waals surface area contributed by atoms with Crippen molar-refractivity contribution in [3.05, 3.63) is 57.4 Å². The quantitative estimate of drug-likeness (QED) is 0.821. The van der Waals surface area contributed by atoms with Gasteiger partial charge in [-0.15, -0.1) is 11.3 Å². The lowest BCUT2D eigenvalue weighted by atomic mass is 10.2. The van der Waals surface area contributed by atoms with Crippen molar-refractivity contribution in [3.63, 3.8) is 0 Å². The molecule has 102 valence electrons. The van der Waals surface area contributed by atoms with Crippen LogP contribution in [0.1, 0.15) is 15.2 Å². The molecule has 1 heterocycles. The van der Waals surface area contributed by atoms with Crippen molar-refractivity contribution >= 4 is 50.2 Å². The number of thiophene rings is 1. The van der Waals surface area contributed by atoms with Crippen molar-refractivity contribution in [1.82, 2.24) is 0 Å². The summed E-state index contributed by atoms with van der Waals surface area (Å²) in [6.45, 7) is 0. The van der Waals surface area contributed by atoms with E-state index in [-0.39, 0.29) is 10.8 Å². The van der Waals surface area contributed by atoms with Gasteiger partial charge in [0, 0.05) is 10.5 Å². The summed E-state index contributed by atoms with van der Waals surface area (Å²) in [6.07, 6.45) is 3.09. The van der Waals surface area contributed by atoms with E-state index in [2.05, 4.69) is 21.2 Å². The summed E-state index contributed by atoms with van der Waals surface area (Å²) in [7, 11) is 0. The number of halogens is 1. The predicted molar refractivity (Wildman–Crippen MR) is 83.1 cm³/mol. The SMILES string of the molecule is O=C(/C=C/c1ccccc1Br)Nc1ccc(C(=O)O)s1. The highest BCUT2D eigenvalue weighted by atomic mass is 79.9. The molecule has 0 bridgehead atoms. The maximum Gasteiger partial charge on any atom is 0.345 e. The monoisotopic (exact) mass is 351 g/mol. The van der Waals surface area contributed by atoms with Crippen LogP contribution in [-0.4, -0.2) is 17.0 Å². The molecule has 1 amide bonds. The van der Waals surface area contributed by atoms with E-state index in [1.165, 1.54) is 12.1 Å². The fraction of sp³-hybridized carbons (Fsp3) is 0. The molecule has 4 nitrogen and oxygen atoms in total. The van der Waals surface area contributed by atoms with Crippen molar-refractivity contribution < 1.29 is 14.7 Å². The molecule has 0 aliphatic rings. The van der Waals surface area contributed by atoms with Gasteiger partial charge in [-0.05, 0) is 29.8 Å². The Morgan fingerprint density at radius 3 is 2.60 bits per heavy atom. The molecule has 2 N–H and O–H groups in total. The van der Waals surface area contributed by atoms with E-state index in [1.54, 1.807) is 12.1 Å². The minimum absolute atomic E-state index is 0.190. The second-order valence-electron chi connectivity index (χ2n) is 3.81. The summed E-state index contributed by atoms with van der Waals surface area (Å²) in [5.74, 6) is -1.31. The number of rotatable bonds is 4. The van der Waals surface area contributed by atoms with Crippen molar-refractivity contribution in [3.8, 4) is 0 Å². The van der Waals surface area contributed by atoms with E-state index >= 15 is 0 Å². The second-order valence-corrected chi connectivity index (χ2v) is 5.75. The van der Waals surface area contributed by atoms with Crippen LogP contribution in [-0.2, 0) is 4.79 Å². The molecule has 0 fully saturated rings. The van der Waals surface area contributed by atoms with Gasteiger partial charge in [-0.1, -0.05) is 34.1 Å². The van der Waals surface area contributed by atoms with Gasteiger partial charge in [0.2, 0.25) is 5.91 Å². The van der Waals surface area contributed by atoms with E-state index in [4.69, 9.17) is 5.11 Å². The number of carboxylic acids is 1. The molecule has 2 aromatic rings. The Labute approximate surface area is 127 Å². The molecule has 0 spiro atoms. The average molecular weight is 352 g/mol. The fourth-order valence-corrected chi connectivity index (χ4v) is 2.62. The van der Waals surface area contributed by atoms with Gasteiger partial charge < -0.3 is 10.4 Å². The number of carboxylic acid groups (broad SMARTS) is 1. The molecule has 1 aromatic heterocycles. The largest absolute Gasteiger partial charge is 0.477 e. The van der Waals surface area contributed by atoms with Crippen molar-refractivity contribution in [2.24, 2.45) is 0 Å². The Bertz CT molecular complexity index is 679.